The molecule has 1 aliphatic rings. The molecule has 0 atom stereocenters. The Hall–Kier alpha value is -7.20. The van der Waals surface area contributed by atoms with Gasteiger partial charge in [-0.2, -0.15) is 12.1 Å². The van der Waals surface area contributed by atoms with Crippen LogP contribution in [0.15, 0.2) is 200 Å². The number of nitrogens with zero attached hydrogens (tertiary/aromatic N) is 4. The quantitative estimate of drug-likeness (QED) is 0.128. The molecule has 0 aliphatic carbocycles. The molecule has 5 nitrogen and oxygen atoms in total. The number of pyridine rings is 1. The molecule has 3 heterocycles. The summed E-state index contributed by atoms with van der Waals surface area (Å²) in [6.45, 7) is 18.2. The van der Waals surface area contributed by atoms with Crippen molar-refractivity contribution in [1.29, 1.82) is 0 Å². The predicted molar refractivity (Wildman–Crippen MR) is 292 cm³/mol. The number of fused-ring (bicyclic) bond motifs is 4. The van der Waals surface area contributed by atoms with Gasteiger partial charge in [-0.3, -0.25) is 0 Å². The van der Waals surface area contributed by atoms with Gasteiger partial charge in [0.2, 0.25) is 0 Å². The molecule has 10 aromatic rings. The molecule has 11 rings (SSSR count). The van der Waals surface area contributed by atoms with Crippen LogP contribution < -0.4 is 14.5 Å². The second-order valence-corrected chi connectivity index (χ2v) is 20.3. The summed E-state index contributed by atoms with van der Waals surface area (Å²) in [6, 6.07) is 76.4. The van der Waals surface area contributed by atoms with Crippen LogP contribution >= 0.6 is 0 Å². The van der Waals surface area contributed by atoms with Gasteiger partial charge in [-0.05, 0) is 92.2 Å². The summed E-state index contributed by atoms with van der Waals surface area (Å²) in [4.78, 5) is 9.46. The Morgan fingerprint density at radius 2 is 1.07 bits per heavy atom. The van der Waals surface area contributed by atoms with Crippen LogP contribution in [0.3, 0.4) is 0 Å². The van der Waals surface area contributed by atoms with Crippen LogP contribution in [0.25, 0.3) is 38.8 Å². The number of hydrogen-bond acceptors (Lipinski definition) is 4. The summed E-state index contributed by atoms with van der Waals surface area (Å²) in [6.07, 6.45) is 1.91. The molecule has 0 unspecified atom stereocenters. The van der Waals surface area contributed by atoms with Gasteiger partial charge >= 0.3 is 21.1 Å². The first-order chi connectivity index (χ1) is 33.3. The molecule has 8 aromatic carbocycles. The molecule has 0 amide bonds. The number of para-hydroxylation sites is 2. The second kappa shape index (κ2) is 19.2. The fourth-order valence-electron chi connectivity index (χ4n) is 9.82. The molecule has 71 heavy (non-hydrogen) atoms. The normalized spacial score (nSPS) is 12.7. The Morgan fingerprint density at radius 3 is 1.70 bits per heavy atom. The van der Waals surface area contributed by atoms with Crippen molar-refractivity contribution in [3.05, 3.63) is 254 Å². The summed E-state index contributed by atoms with van der Waals surface area (Å²) >= 11 is 0. The van der Waals surface area contributed by atoms with E-state index in [-0.39, 0.29) is 44.7 Å². The predicted octanol–water partition coefficient (Wildman–Crippen LogP) is 17.0. The molecular formula is C65H58N4OPt. The van der Waals surface area contributed by atoms with Crippen LogP contribution in [0, 0.1) is 26.2 Å². The number of benzene rings is 8. The van der Waals surface area contributed by atoms with Gasteiger partial charge in [0.05, 0.1) is 0 Å². The topological polar surface area (TPSA) is 33.5 Å². The van der Waals surface area contributed by atoms with Crippen molar-refractivity contribution in [3.8, 4) is 28.4 Å². The minimum absolute atomic E-state index is 0. The van der Waals surface area contributed by atoms with Crippen LogP contribution in [0.5, 0.6) is 11.5 Å². The van der Waals surface area contributed by atoms with Crippen LogP contribution in [0.2, 0.25) is 0 Å². The van der Waals surface area contributed by atoms with E-state index in [1.807, 2.05) is 24.4 Å². The number of aromatic nitrogens is 2. The second-order valence-electron chi connectivity index (χ2n) is 20.3. The Labute approximate surface area is 434 Å². The average Bonchev–Trinajstić information content (AvgIpc) is 3.93. The summed E-state index contributed by atoms with van der Waals surface area (Å²) in [5, 5.41) is 2.20. The minimum atomic E-state index is -0.260. The number of anilines is 4. The van der Waals surface area contributed by atoms with E-state index in [2.05, 4.69) is 258 Å². The minimum Gasteiger partial charge on any atom is -0.509 e. The average molecular weight is 1110 g/mol. The van der Waals surface area contributed by atoms with E-state index in [1.165, 1.54) is 33.4 Å². The Morgan fingerprint density at radius 1 is 0.479 bits per heavy atom. The van der Waals surface area contributed by atoms with Crippen molar-refractivity contribution in [3.63, 3.8) is 0 Å². The zero-order chi connectivity index (χ0) is 47.5. The third kappa shape index (κ3) is 9.09. The maximum absolute atomic E-state index is 6.74. The van der Waals surface area contributed by atoms with Gasteiger partial charge in [0.1, 0.15) is 5.82 Å². The molecule has 0 radical (unpaired) electrons. The molecule has 6 heteroatoms. The standard InChI is InChI=1S/C64H55N4O.CH3.Pt/c1-62(2,3)48-34-35-65-61(40-48)68-57-33-30-45(44-20-11-8-12-21-44)36-56(57)55-32-31-54(42-60(55)68)69-53-27-19-26-51(41-53)66-43-67(59-29-18-17-28-58(59)66)52-38-49(63(4,5)46-22-13-9-14-23-46)37-50(39-52)64(6,7)47-24-15-10-16-25-47;;/h8-40,43H,1-7H3;1H3;/q-3;-1;+4. The zero-order valence-corrected chi connectivity index (χ0v) is 43.9. The third-order valence-electron chi connectivity index (χ3n) is 14.1. The van der Waals surface area contributed by atoms with Crippen LogP contribution in [0.4, 0.5) is 22.7 Å². The maximum Gasteiger partial charge on any atom is 4.00 e. The molecule has 354 valence electrons. The zero-order valence-electron chi connectivity index (χ0n) is 41.6. The Bertz CT molecular complexity index is 3430. The molecule has 2 aromatic heterocycles. The summed E-state index contributed by atoms with van der Waals surface area (Å²) < 4.78 is 8.95. The SMILES string of the molecule is CC(C)(C)c1ccnc(-n2c3[c-]c(Oc4[c-]c(N5[CH-]N(c6cc(C(C)(C)c7ccccc7)cc(C(C)(C)c7ccccc7)c6)c6ccccc65)ccc4)ccc3c3cc(-c4ccccc4)ccc32)c1.[CH3-].[Pt+4]. The maximum atomic E-state index is 6.74. The number of hydrogen-bond donors (Lipinski definition) is 0. The largest absolute Gasteiger partial charge is 4.00 e. The van der Waals surface area contributed by atoms with E-state index >= 15 is 0 Å². The fourth-order valence-corrected chi connectivity index (χ4v) is 9.82. The smallest absolute Gasteiger partial charge is 0.509 e. The van der Waals surface area contributed by atoms with E-state index in [0.29, 0.717) is 11.5 Å². The van der Waals surface area contributed by atoms with Gasteiger partial charge in [0, 0.05) is 51.1 Å². The summed E-state index contributed by atoms with van der Waals surface area (Å²) in [5.74, 6) is 2.02. The first kappa shape index (κ1) is 48.8. The molecular weight excluding hydrogens is 1050 g/mol. The fraction of sp³-hybridized carbons (Fsp3) is 0.154. The Balaban J connectivity index is 0.00000312. The Kier molecular flexibility index (Phi) is 13.2. The van der Waals surface area contributed by atoms with E-state index in [9.17, 15) is 0 Å². The van der Waals surface area contributed by atoms with E-state index in [4.69, 9.17) is 9.72 Å². The van der Waals surface area contributed by atoms with Crippen molar-refractivity contribution < 1.29 is 25.8 Å². The first-order valence-corrected chi connectivity index (χ1v) is 23.9. The van der Waals surface area contributed by atoms with Crippen LogP contribution in [-0.2, 0) is 37.3 Å². The first-order valence-electron chi connectivity index (χ1n) is 23.9. The van der Waals surface area contributed by atoms with Crippen LogP contribution in [-0.4, -0.2) is 9.55 Å². The van der Waals surface area contributed by atoms with Gasteiger partial charge in [-0.25, -0.2) is 4.98 Å². The van der Waals surface area contributed by atoms with E-state index in [1.54, 1.807) is 0 Å². The van der Waals surface area contributed by atoms with Crippen LogP contribution in [0.1, 0.15) is 76.3 Å². The number of ether oxygens (including phenoxy) is 1. The third-order valence-corrected chi connectivity index (χ3v) is 14.1. The molecule has 1 aliphatic heterocycles. The van der Waals surface area contributed by atoms with Crippen molar-refractivity contribution in [2.75, 3.05) is 9.80 Å². The summed E-state index contributed by atoms with van der Waals surface area (Å²) in [5.41, 5.74) is 14.1. The van der Waals surface area contributed by atoms with Gasteiger partial charge in [0.15, 0.2) is 0 Å². The molecule has 0 bridgehead atoms. The molecule has 0 saturated heterocycles. The van der Waals surface area contributed by atoms with Crippen molar-refractivity contribution in [2.24, 2.45) is 0 Å². The van der Waals surface area contributed by atoms with Crippen molar-refractivity contribution >= 4 is 44.6 Å². The molecule has 0 N–H and O–H groups in total. The van der Waals surface area contributed by atoms with Gasteiger partial charge < -0.3 is 26.5 Å². The number of rotatable bonds is 10. The van der Waals surface area contributed by atoms with Gasteiger partial charge in [-0.1, -0.05) is 175 Å². The van der Waals surface area contributed by atoms with Crippen molar-refractivity contribution in [1.82, 2.24) is 9.55 Å². The summed E-state index contributed by atoms with van der Waals surface area (Å²) in [7, 11) is 0. The van der Waals surface area contributed by atoms with Gasteiger partial charge in [0.25, 0.3) is 0 Å². The van der Waals surface area contributed by atoms with Crippen molar-refractivity contribution in [2.45, 2.75) is 64.7 Å². The monoisotopic (exact) mass is 1110 g/mol. The van der Waals surface area contributed by atoms with Gasteiger partial charge in [-0.15, -0.1) is 48.1 Å². The van der Waals surface area contributed by atoms with E-state index < -0.39 is 0 Å². The molecule has 0 spiro atoms. The molecule has 0 fully saturated rings. The molecule has 0 saturated carbocycles. The van der Waals surface area contributed by atoms with E-state index in [0.717, 1.165) is 55.9 Å².